The average Bonchev–Trinajstić information content (AvgIpc) is 2.43. The van der Waals surface area contributed by atoms with Crippen molar-refractivity contribution in [1.29, 1.82) is 0 Å². The van der Waals surface area contributed by atoms with E-state index in [0.29, 0.717) is 17.0 Å². The lowest BCUT2D eigenvalue weighted by atomic mass is 10.2. The van der Waals surface area contributed by atoms with Crippen LogP contribution < -0.4 is 4.90 Å². The first-order valence-corrected chi connectivity index (χ1v) is 6.00. The third kappa shape index (κ3) is 3.16. The second-order valence-electron chi connectivity index (χ2n) is 4.00. The SMILES string of the molecule is [CH2]COC(=O)N(c1ccccc1)c1c(F)cc(F)cc1F. The highest BCUT2D eigenvalue weighted by Crippen LogP contribution is 2.31. The lowest BCUT2D eigenvalue weighted by Crippen LogP contribution is -2.28. The van der Waals surface area contributed by atoms with Gasteiger partial charge in [0, 0.05) is 12.1 Å². The summed E-state index contributed by atoms with van der Waals surface area (Å²) in [6.45, 7) is 3.12. The van der Waals surface area contributed by atoms with Crippen molar-refractivity contribution in [2.24, 2.45) is 0 Å². The number of carbonyl (C=O) groups excluding carboxylic acids is 1. The number of hydrogen-bond donors (Lipinski definition) is 0. The number of benzene rings is 2. The summed E-state index contributed by atoms with van der Waals surface area (Å²) in [4.78, 5) is 12.7. The number of carbonyl (C=O) groups is 1. The molecule has 1 radical (unpaired) electrons. The van der Waals surface area contributed by atoms with Gasteiger partial charge < -0.3 is 4.74 Å². The maximum absolute atomic E-state index is 13.9. The number of nitrogens with zero attached hydrogens (tertiary/aromatic N) is 1. The van der Waals surface area contributed by atoms with Crippen molar-refractivity contribution >= 4 is 17.5 Å². The Balaban J connectivity index is 2.58. The van der Waals surface area contributed by atoms with Crippen LogP contribution in [0, 0.1) is 24.4 Å². The predicted octanol–water partition coefficient (Wildman–Crippen LogP) is 4.21. The fraction of sp³-hybridized carbons (Fsp3) is 0.0667. The van der Waals surface area contributed by atoms with Gasteiger partial charge in [0.25, 0.3) is 0 Å². The Morgan fingerprint density at radius 1 is 1.10 bits per heavy atom. The molecular formula is C15H11F3NO2. The summed E-state index contributed by atoms with van der Waals surface area (Å²) in [5.74, 6) is -3.50. The van der Waals surface area contributed by atoms with Crippen molar-refractivity contribution in [2.75, 3.05) is 11.5 Å². The highest BCUT2D eigenvalue weighted by atomic mass is 19.1. The van der Waals surface area contributed by atoms with Crippen LogP contribution in [0.15, 0.2) is 42.5 Å². The molecule has 1 amide bonds. The van der Waals surface area contributed by atoms with Crippen LogP contribution in [0.3, 0.4) is 0 Å². The number of halogens is 3. The average molecular weight is 294 g/mol. The molecule has 0 fully saturated rings. The Labute approximate surface area is 119 Å². The number of amides is 1. The first-order valence-electron chi connectivity index (χ1n) is 6.00. The molecule has 3 nitrogen and oxygen atoms in total. The molecule has 0 N–H and O–H groups in total. The fourth-order valence-electron chi connectivity index (χ4n) is 1.80. The van der Waals surface area contributed by atoms with Crippen molar-refractivity contribution < 1.29 is 22.7 Å². The zero-order valence-corrected chi connectivity index (χ0v) is 10.9. The molecule has 6 heteroatoms. The van der Waals surface area contributed by atoms with Crippen LogP contribution >= 0.6 is 0 Å². The molecule has 0 bridgehead atoms. The number of anilines is 2. The number of hydrogen-bond acceptors (Lipinski definition) is 2. The standard InChI is InChI=1S/C15H11F3NO2/c1-2-21-15(20)19(11-6-4-3-5-7-11)14-12(17)8-10(16)9-13(14)18/h3-9H,1-2H2. The van der Waals surface area contributed by atoms with Gasteiger partial charge in [0.15, 0.2) is 11.6 Å². The molecule has 2 aromatic rings. The molecule has 0 aromatic heterocycles. The maximum Gasteiger partial charge on any atom is 0.419 e. The van der Waals surface area contributed by atoms with Crippen molar-refractivity contribution in [1.82, 2.24) is 0 Å². The number of rotatable bonds is 3. The molecule has 109 valence electrons. The van der Waals surface area contributed by atoms with E-state index >= 15 is 0 Å². The third-order valence-corrected chi connectivity index (χ3v) is 2.63. The molecule has 0 aliphatic carbocycles. The quantitative estimate of drug-likeness (QED) is 0.848. The van der Waals surface area contributed by atoms with Crippen molar-refractivity contribution in [3.63, 3.8) is 0 Å². The van der Waals surface area contributed by atoms with Crippen LogP contribution in [0.5, 0.6) is 0 Å². The van der Waals surface area contributed by atoms with Gasteiger partial charge in [-0.25, -0.2) is 22.9 Å². The molecule has 0 saturated heterocycles. The van der Waals surface area contributed by atoms with Gasteiger partial charge in [0.2, 0.25) is 0 Å². The van der Waals surface area contributed by atoms with E-state index in [0.717, 1.165) is 0 Å². The van der Waals surface area contributed by atoms with E-state index in [1.54, 1.807) is 18.2 Å². The van der Waals surface area contributed by atoms with Gasteiger partial charge in [-0.2, -0.15) is 0 Å². The largest absolute Gasteiger partial charge is 0.449 e. The van der Waals surface area contributed by atoms with Crippen LogP contribution in [0.25, 0.3) is 0 Å². The Morgan fingerprint density at radius 2 is 1.67 bits per heavy atom. The van der Waals surface area contributed by atoms with E-state index < -0.39 is 29.2 Å². The Hall–Kier alpha value is -2.50. The Morgan fingerprint density at radius 3 is 2.19 bits per heavy atom. The van der Waals surface area contributed by atoms with Crippen LogP contribution in [0.2, 0.25) is 0 Å². The zero-order valence-electron chi connectivity index (χ0n) is 10.9. The molecule has 2 rings (SSSR count). The maximum atomic E-state index is 13.9. The fourth-order valence-corrected chi connectivity index (χ4v) is 1.80. The molecular weight excluding hydrogens is 283 g/mol. The van der Waals surface area contributed by atoms with E-state index in [-0.39, 0.29) is 12.3 Å². The molecule has 0 heterocycles. The molecule has 0 spiro atoms. The smallest absolute Gasteiger partial charge is 0.419 e. The van der Waals surface area contributed by atoms with Crippen LogP contribution in [0.1, 0.15) is 0 Å². The second-order valence-corrected chi connectivity index (χ2v) is 4.00. The van der Waals surface area contributed by atoms with Gasteiger partial charge in [-0.05, 0) is 19.1 Å². The van der Waals surface area contributed by atoms with Gasteiger partial charge in [-0.3, -0.25) is 0 Å². The first-order chi connectivity index (χ1) is 10.0. The lowest BCUT2D eigenvalue weighted by Gasteiger charge is -2.23. The van der Waals surface area contributed by atoms with Gasteiger partial charge in [-0.15, -0.1) is 0 Å². The third-order valence-electron chi connectivity index (χ3n) is 2.63. The predicted molar refractivity (Wildman–Crippen MR) is 71.6 cm³/mol. The highest BCUT2D eigenvalue weighted by molar-refractivity contribution is 5.96. The summed E-state index contributed by atoms with van der Waals surface area (Å²) >= 11 is 0. The molecule has 0 unspecified atom stereocenters. The van der Waals surface area contributed by atoms with E-state index in [9.17, 15) is 18.0 Å². The molecule has 21 heavy (non-hydrogen) atoms. The molecule has 2 aromatic carbocycles. The lowest BCUT2D eigenvalue weighted by molar-refractivity contribution is 0.168. The van der Waals surface area contributed by atoms with Crippen molar-refractivity contribution in [3.8, 4) is 0 Å². The van der Waals surface area contributed by atoms with Crippen LogP contribution in [-0.2, 0) is 4.74 Å². The summed E-state index contributed by atoms with van der Waals surface area (Å²) in [6, 6.07) is 8.75. The molecule has 0 aliphatic heterocycles. The second kappa shape index (κ2) is 6.30. The van der Waals surface area contributed by atoms with E-state index in [1.807, 2.05) is 0 Å². The summed E-state index contributed by atoms with van der Waals surface area (Å²) in [5, 5.41) is 0. The number of para-hydroxylation sites is 1. The minimum absolute atomic E-state index is 0.181. The van der Waals surface area contributed by atoms with E-state index in [1.165, 1.54) is 12.1 Å². The van der Waals surface area contributed by atoms with Crippen molar-refractivity contribution in [2.45, 2.75) is 0 Å². The van der Waals surface area contributed by atoms with E-state index in [4.69, 9.17) is 4.74 Å². The Kier molecular flexibility index (Phi) is 4.47. The van der Waals surface area contributed by atoms with Crippen molar-refractivity contribution in [3.05, 3.63) is 66.8 Å². The zero-order chi connectivity index (χ0) is 15.4. The number of ether oxygens (including phenoxy) is 1. The van der Waals surface area contributed by atoms with Gasteiger partial charge in [0.05, 0.1) is 12.3 Å². The van der Waals surface area contributed by atoms with E-state index in [2.05, 4.69) is 6.92 Å². The van der Waals surface area contributed by atoms with Crippen LogP contribution in [-0.4, -0.2) is 12.7 Å². The highest BCUT2D eigenvalue weighted by Gasteiger charge is 2.26. The first kappa shape index (κ1) is 14.9. The minimum Gasteiger partial charge on any atom is -0.449 e. The van der Waals surface area contributed by atoms with Gasteiger partial charge in [0.1, 0.15) is 11.5 Å². The van der Waals surface area contributed by atoms with Gasteiger partial charge in [-0.1, -0.05) is 18.2 Å². The molecule has 0 saturated carbocycles. The summed E-state index contributed by atoms with van der Waals surface area (Å²) in [6.07, 6.45) is -1.01. The molecule has 0 atom stereocenters. The minimum atomic E-state index is -1.21. The summed E-state index contributed by atoms with van der Waals surface area (Å²) in [7, 11) is 0. The van der Waals surface area contributed by atoms with Gasteiger partial charge >= 0.3 is 6.09 Å². The molecule has 0 aliphatic rings. The Bertz CT molecular complexity index is 624. The monoisotopic (exact) mass is 294 g/mol. The topological polar surface area (TPSA) is 29.5 Å². The summed E-state index contributed by atoms with van der Waals surface area (Å²) < 4.78 is 45.5. The summed E-state index contributed by atoms with van der Waals surface area (Å²) in [5.41, 5.74) is -0.526. The normalized spacial score (nSPS) is 10.3. The van der Waals surface area contributed by atoms with Crippen LogP contribution in [0.4, 0.5) is 29.3 Å².